The lowest BCUT2D eigenvalue weighted by molar-refractivity contribution is 0.0598. The number of nitrogens with two attached hydrogens (primary N) is 1. The van der Waals surface area contributed by atoms with Crippen molar-refractivity contribution >= 4 is 35.0 Å². The van der Waals surface area contributed by atoms with E-state index in [1.807, 2.05) is 0 Å². The summed E-state index contributed by atoms with van der Waals surface area (Å²) >= 11 is 7.39. The molecular weight excluding hydrogens is 325 g/mol. The molecule has 6 heteroatoms. The normalized spacial score (nSPS) is 10.5. The maximum absolute atomic E-state index is 14.6. The molecule has 0 atom stereocenters. The maximum atomic E-state index is 14.6. The lowest BCUT2D eigenvalue weighted by Gasteiger charge is -2.14. The van der Waals surface area contributed by atoms with E-state index in [-0.39, 0.29) is 23.2 Å². The second kappa shape index (κ2) is 7.03. The Labute approximate surface area is 137 Å². The van der Waals surface area contributed by atoms with Crippen LogP contribution in [0.25, 0.3) is 0 Å². The Bertz CT molecular complexity index is 722. The number of methoxy groups -OCH3 is 1. The highest BCUT2D eigenvalue weighted by Gasteiger charge is 2.22. The van der Waals surface area contributed by atoms with E-state index < -0.39 is 11.8 Å². The molecule has 0 saturated heterocycles. The van der Waals surface area contributed by atoms with Crippen molar-refractivity contribution in [2.45, 2.75) is 11.3 Å². The number of anilines is 1. The van der Waals surface area contributed by atoms with E-state index in [0.29, 0.717) is 15.5 Å². The highest BCUT2D eigenvalue weighted by atomic mass is 35.5. The Morgan fingerprint density at radius 2 is 2.09 bits per heavy atom. The van der Waals surface area contributed by atoms with E-state index in [4.69, 9.17) is 22.1 Å². The topological polar surface area (TPSA) is 52.3 Å². The maximum Gasteiger partial charge on any atom is 0.338 e. The largest absolute Gasteiger partial charge is 0.465 e. The van der Waals surface area contributed by atoms with Gasteiger partial charge in [0.05, 0.1) is 18.4 Å². The Morgan fingerprint density at radius 1 is 1.41 bits per heavy atom. The van der Waals surface area contributed by atoms with E-state index >= 15 is 0 Å². The fourth-order valence-electron chi connectivity index (χ4n) is 2.15. The van der Waals surface area contributed by atoms with Gasteiger partial charge in [0.2, 0.25) is 0 Å². The highest BCUT2D eigenvalue weighted by Crippen LogP contribution is 2.33. The summed E-state index contributed by atoms with van der Waals surface area (Å²) < 4.78 is 19.4. The summed E-state index contributed by atoms with van der Waals surface area (Å²) in [6.45, 7) is 0. The molecule has 2 rings (SSSR count). The van der Waals surface area contributed by atoms with Crippen LogP contribution in [-0.2, 0) is 11.2 Å². The quantitative estimate of drug-likeness (QED) is 0.516. The third-order valence-corrected chi connectivity index (χ3v) is 4.46. The summed E-state index contributed by atoms with van der Waals surface area (Å²) in [4.78, 5) is 12.5. The number of halogens is 2. The smallest absolute Gasteiger partial charge is 0.338 e. The van der Waals surface area contributed by atoms with Crippen LogP contribution in [0.4, 0.5) is 10.1 Å². The molecular formula is C16H15ClFNO2S. The predicted octanol–water partition coefficient (Wildman–Crippen LogP) is 4.16. The number of nitrogen functional groups attached to an aromatic ring is 1. The number of hydrogen-bond acceptors (Lipinski definition) is 4. The molecule has 2 aromatic carbocycles. The van der Waals surface area contributed by atoms with Gasteiger partial charge >= 0.3 is 5.97 Å². The fraction of sp³-hybridized carbons (Fsp3) is 0.188. The molecule has 0 fully saturated rings. The molecule has 3 nitrogen and oxygen atoms in total. The molecule has 0 amide bonds. The van der Waals surface area contributed by atoms with Crippen LogP contribution in [0, 0.1) is 5.82 Å². The summed E-state index contributed by atoms with van der Waals surface area (Å²) in [7, 11) is 1.26. The number of carbonyl (C=O) groups is 1. The van der Waals surface area contributed by atoms with Gasteiger partial charge < -0.3 is 10.5 Å². The molecule has 0 aliphatic rings. The average molecular weight is 340 g/mol. The first kappa shape index (κ1) is 16.6. The standard InChI is InChI=1S/C16H15ClFNO2S/c1-21-16(20)11-8-13(22-2)15(19)14(18)10(11)7-9-5-3-4-6-12(9)17/h3-6,8H,7,19H2,1-2H3. The van der Waals surface area contributed by atoms with Gasteiger partial charge in [-0.2, -0.15) is 0 Å². The molecule has 0 aliphatic carbocycles. The van der Waals surface area contributed by atoms with Crippen LogP contribution < -0.4 is 5.73 Å². The monoisotopic (exact) mass is 339 g/mol. The number of thioether (sulfide) groups is 1. The molecule has 0 aliphatic heterocycles. The molecule has 116 valence electrons. The fourth-order valence-corrected chi connectivity index (χ4v) is 2.90. The van der Waals surface area contributed by atoms with Crippen molar-refractivity contribution in [2.75, 3.05) is 19.1 Å². The summed E-state index contributed by atoms with van der Waals surface area (Å²) in [5, 5.41) is 0.505. The zero-order valence-corrected chi connectivity index (χ0v) is 13.7. The van der Waals surface area contributed by atoms with Gasteiger partial charge in [0.15, 0.2) is 5.82 Å². The Balaban J connectivity index is 2.60. The van der Waals surface area contributed by atoms with Gasteiger partial charge in [-0.1, -0.05) is 29.8 Å². The van der Waals surface area contributed by atoms with Crippen molar-refractivity contribution in [3.63, 3.8) is 0 Å². The molecule has 0 radical (unpaired) electrons. The first-order valence-electron chi connectivity index (χ1n) is 6.46. The molecule has 0 aromatic heterocycles. The Hall–Kier alpha value is -1.72. The van der Waals surface area contributed by atoms with Crippen molar-refractivity contribution in [3.05, 3.63) is 57.9 Å². The first-order chi connectivity index (χ1) is 10.5. The summed E-state index contributed by atoms with van der Waals surface area (Å²) in [6, 6.07) is 8.64. The number of benzene rings is 2. The molecule has 2 N–H and O–H groups in total. The number of hydrogen-bond donors (Lipinski definition) is 1. The summed E-state index contributed by atoms with van der Waals surface area (Å²) in [5.41, 5.74) is 6.91. The third kappa shape index (κ3) is 3.20. The van der Waals surface area contributed by atoms with Crippen LogP contribution in [0.5, 0.6) is 0 Å². The van der Waals surface area contributed by atoms with Gasteiger partial charge in [0, 0.05) is 21.9 Å². The van der Waals surface area contributed by atoms with Gasteiger partial charge in [-0.05, 0) is 24.0 Å². The van der Waals surface area contributed by atoms with E-state index in [1.165, 1.54) is 18.9 Å². The second-order valence-corrected chi connectivity index (χ2v) is 5.85. The average Bonchev–Trinajstić information content (AvgIpc) is 2.53. The second-order valence-electron chi connectivity index (χ2n) is 4.59. The van der Waals surface area contributed by atoms with Crippen LogP contribution in [0.2, 0.25) is 5.02 Å². The van der Waals surface area contributed by atoms with Gasteiger partial charge in [0.25, 0.3) is 0 Å². The van der Waals surface area contributed by atoms with E-state index in [0.717, 1.165) is 0 Å². The summed E-state index contributed by atoms with van der Waals surface area (Å²) in [6.07, 6.45) is 1.93. The van der Waals surface area contributed by atoms with Gasteiger partial charge in [-0.3, -0.25) is 0 Å². The highest BCUT2D eigenvalue weighted by molar-refractivity contribution is 7.98. The minimum absolute atomic E-state index is 0.0298. The van der Waals surface area contributed by atoms with Crippen LogP contribution >= 0.6 is 23.4 Å². The van der Waals surface area contributed by atoms with Crippen LogP contribution in [0.15, 0.2) is 35.2 Å². The minimum Gasteiger partial charge on any atom is -0.465 e. The molecule has 2 aromatic rings. The molecule has 0 bridgehead atoms. The third-order valence-electron chi connectivity index (χ3n) is 3.32. The van der Waals surface area contributed by atoms with Crippen molar-refractivity contribution in [1.82, 2.24) is 0 Å². The SMILES string of the molecule is COC(=O)c1cc(SC)c(N)c(F)c1Cc1ccccc1Cl. The number of carbonyl (C=O) groups excluding carboxylic acids is 1. The van der Waals surface area contributed by atoms with Gasteiger partial charge in [0.1, 0.15) is 0 Å². The van der Waals surface area contributed by atoms with Gasteiger partial charge in [-0.15, -0.1) is 11.8 Å². The lowest BCUT2D eigenvalue weighted by atomic mass is 9.98. The van der Waals surface area contributed by atoms with E-state index in [9.17, 15) is 9.18 Å². The Kier molecular flexibility index (Phi) is 5.32. The molecule has 0 spiro atoms. The zero-order chi connectivity index (χ0) is 16.3. The molecule has 0 unspecified atom stereocenters. The van der Waals surface area contributed by atoms with Gasteiger partial charge in [-0.25, -0.2) is 9.18 Å². The predicted molar refractivity (Wildman–Crippen MR) is 88.2 cm³/mol. The van der Waals surface area contributed by atoms with Crippen LogP contribution in [0.3, 0.4) is 0 Å². The van der Waals surface area contributed by atoms with E-state index in [1.54, 1.807) is 36.6 Å². The molecule has 22 heavy (non-hydrogen) atoms. The number of rotatable bonds is 4. The van der Waals surface area contributed by atoms with Crippen LogP contribution in [0.1, 0.15) is 21.5 Å². The molecule has 0 heterocycles. The van der Waals surface area contributed by atoms with Crippen molar-refractivity contribution in [3.8, 4) is 0 Å². The minimum atomic E-state index is -0.604. The lowest BCUT2D eigenvalue weighted by Crippen LogP contribution is -2.11. The van der Waals surface area contributed by atoms with Crippen molar-refractivity contribution < 1.29 is 13.9 Å². The number of ether oxygens (including phenoxy) is 1. The van der Waals surface area contributed by atoms with Crippen LogP contribution in [-0.4, -0.2) is 19.3 Å². The zero-order valence-electron chi connectivity index (χ0n) is 12.2. The number of esters is 1. The van der Waals surface area contributed by atoms with E-state index in [2.05, 4.69) is 0 Å². The first-order valence-corrected chi connectivity index (χ1v) is 8.06. The Morgan fingerprint density at radius 3 is 2.68 bits per heavy atom. The van der Waals surface area contributed by atoms with Crippen molar-refractivity contribution in [1.29, 1.82) is 0 Å². The van der Waals surface area contributed by atoms with Crippen molar-refractivity contribution in [2.24, 2.45) is 0 Å². The summed E-state index contributed by atoms with van der Waals surface area (Å²) in [5.74, 6) is -1.21. The molecule has 0 saturated carbocycles.